The summed E-state index contributed by atoms with van der Waals surface area (Å²) in [6.45, 7) is 4.13. The molecule has 106 valence electrons. The number of amides is 1. The Kier molecular flexibility index (Phi) is 8.23. The second-order valence-corrected chi connectivity index (χ2v) is 5.48. The van der Waals surface area contributed by atoms with Crippen molar-refractivity contribution in [2.24, 2.45) is 5.92 Å². The predicted molar refractivity (Wildman–Crippen MR) is 75.1 cm³/mol. The van der Waals surface area contributed by atoms with Crippen LogP contribution in [0.15, 0.2) is 0 Å². The minimum atomic E-state index is -0.185. The Hall–Kier alpha value is -0.440. The van der Waals surface area contributed by atoms with E-state index in [1.54, 1.807) is 0 Å². The highest BCUT2D eigenvalue weighted by Crippen LogP contribution is 2.24. The molecule has 1 saturated carbocycles. The number of carbonyl (C=O) groups is 1. The van der Waals surface area contributed by atoms with Gasteiger partial charge in [-0.05, 0) is 25.2 Å². The highest BCUT2D eigenvalue weighted by molar-refractivity contribution is 6.18. The molecule has 1 aliphatic rings. The Bertz CT molecular complexity index is 230. The number of halogens is 1. The fourth-order valence-corrected chi connectivity index (χ4v) is 2.58. The first kappa shape index (κ1) is 15.6. The van der Waals surface area contributed by atoms with Crippen molar-refractivity contribution in [3.63, 3.8) is 0 Å². The lowest BCUT2D eigenvalue weighted by Gasteiger charge is -2.29. The van der Waals surface area contributed by atoms with Crippen molar-refractivity contribution in [3.8, 4) is 0 Å². The lowest BCUT2D eigenvalue weighted by Crippen LogP contribution is -2.37. The van der Waals surface area contributed by atoms with E-state index in [-0.39, 0.29) is 6.09 Å². The molecule has 0 spiro atoms. The summed E-state index contributed by atoms with van der Waals surface area (Å²) >= 11 is 5.55. The number of unbranched alkanes of at least 4 members (excludes halogenated alkanes) is 1. The van der Waals surface area contributed by atoms with Crippen LogP contribution in [0.4, 0.5) is 4.79 Å². The maximum absolute atomic E-state index is 11.9. The average molecular weight is 276 g/mol. The molecule has 0 aromatic heterocycles. The van der Waals surface area contributed by atoms with E-state index in [9.17, 15) is 4.79 Å². The van der Waals surface area contributed by atoms with E-state index in [1.807, 2.05) is 4.90 Å². The quantitative estimate of drug-likeness (QED) is 0.656. The Labute approximate surface area is 116 Å². The van der Waals surface area contributed by atoms with Crippen LogP contribution in [-0.4, -0.2) is 36.6 Å². The number of rotatable bonds is 7. The summed E-state index contributed by atoms with van der Waals surface area (Å²) in [5, 5.41) is 0. The van der Waals surface area contributed by atoms with Gasteiger partial charge in [-0.25, -0.2) is 4.79 Å². The minimum absolute atomic E-state index is 0.185. The van der Waals surface area contributed by atoms with Crippen molar-refractivity contribution in [1.82, 2.24) is 4.90 Å². The van der Waals surface area contributed by atoms with Crippen LogP contribution >= 0.6 is 11.6 Å². The van der Waals surface area contributed by atoms with Crippen molar-refractivity contribution < 1.29 is 9.53 Å². The molecule has 0 radical (unpaired) electrons. The second kappa shape index (κ2) is 9.48. The van der Waals surface area contributed by atoms with Crippen LogP contribution in [0.25, 0.3) is 0 Å². The second-order valence-electron chi connectivity index (χ2n) is 5.11. The lowest BCUT2D eigenvalue weighted by molar-refractivity contribution is 0.0969. The molecule has 0 heterocycles. The SMILES string of the molecule is CCCCN(CC1CCCCC1)C(=O)OCCCl. The van der Waals surface area contributed by atoms with E-state index in [0.717, 1.165) is 25.9 Å². The first-order chi connectivity index (χ1) is 8.77. The molecule has 1 amide bonds. The maximum atomic E-state index is 11.9. The van der Waals surface area contributed by atoms with E-state index < -0.39 is 0 Å². The third kappa shape index (κ3) is 5.94. The molecule has 3 nitrogen and oxygen atoms in total. The van der Waals surface area contributed by atoms with Crippen LogP contribution in [-0.2, 0) is 4.74 Å². The first-order valence-corrected chi connectivity index (χ1v) is 7.79. The van der Waals surface area contributed by atoms with Crippen LogP contribution in [0.2, 0.25) is 0 Å². The van der Waals surface area contributed by atoms with E-state index in [0.29, 0.717) is 18.4 Å². The molecule has 1 fully saturated rings. The van der Waals surface area contributed by atoms with Gasteiger partial charge in [-0.1, -0.05) is 32.6 Å². The van der Waals surface area contributed by atoms with E-state index in [2.05, 4.69) is 6.92 Å². The number of hydrogen-bond donors (Lipinski definition) is 0. The zero-order valence-electron chi connectivity index (χ0n) is 11.5. The first-order valence-electron chi connectivity index (χ1n) is 7.25. The summed E-state index contributed by atoms with van der Waals surface area (Å²) in [5.41, 5.74) is 0. The van der Waals surface area contributed by atoms with Gasteiger partial charge in [0.25, 0.3) is 0 Å². The van der Waals surface area contributed by atoms with Crippen LogP contribution in [0.1, 0.15) is 51.9 Å². The monoisotopic (exact) mass is 275 g/mol. The number of carbonyl (C=O) groups excluding carboxylic acids is 1. The molecule has 0 N–H and O–H groups in total. The molecule has 1 aliphatic carbocycles. The van der Waals surface area contributed by atoms with Gasteiger partial charge in [0.05, 0.1) is 5.88 Å². The zero-order valence-corrected chi connectivity index (χ0v) is 12.3. The molecule has 0 aliphatic heterocycles. The summed E-state index contributed by atoms with van der Waals surface area (Å²) in [6.07, 6.45) is 8.44. The number of hydrogen-bond acceptors (Lipinski definition) is 2. The van der Waals surface area contributed by atoms with Crippen molar-refractivity contribution in [1.29, 1.82) is 0 Å². The number of alkyl halides is 1. The highest BCUT2D eigenvalue weighted by atomic mass is 35.5. The summed E-state index contributed by atoms with van der Waals surface area (Å²) in [4.78, 5) is 13.8. The Morgan fingerprint density at radius 2 is 2.06 bits per heavy atom. The molecule has 0 aromatic rings. The Morgan fingerprint density at radius 1 is 1.33 bits per heavy atom. The van der Waals surface area contributed by atoms with Gasteiger partial charge in [0.15, 0.2) is 0 Å². The fraction of sp³-hybridized carbons (Fsp3) is 0.929. The molecule has 0 atom stereocenters. The molecule has 0 aromatic carbocycles. The van der Waals surface area contributed by atoms with Gasteiger partial charge in [0, 0.05) is 13.1 Å². The maximum Gasteiger partial charge on any atom is 0.409 e. The molecule has 0 unspecified atom stereocenters. The van der Waals surface area contributed by atoms with Gasteiger partial charge in [-0.15, -0.1) is 11.6 Å². The van der Waals surface area contributed by atoms with Crippen LogP contribution in [0.3, 0.4) is 0 Å². The molecular weight excluding hydrogens is 250 g/mol. The molecule has 1 rings (SSSR count). The normalized spacial score (nSPS) is 16.6. The van der Waals surface area contributed by atoms with E-state index in [1.165, 1.54) is 32.1 Å². The smallest absolute Gasteiger partial charge is 0.409 e. The van der Waals surface area contributed by atoms with E-state index >= 15 is 0 Å². The third-order valence-corrected chi connectivity index (χ3v) is 3.70. The van der Waals surface area contributed by atoms with Gasteiger partial charge in [0.1, 0.15) is 6.61 Å². The third-order valence-electron chi connectivity index (χ3n) is 3.55. The molecule has 0 bridgehead atoms. The van der Waals surface area contributed by atoms with Crippen molar-refractivity contribution in [3.05, 3.63) is 0 Å². The zero-order chi connectivity index (χ0) is 13.2. The van der Waals surface area contributed by atoms with Crippen LogP contribution < -0.4 is 0 Å². The molecular formula is C14H26ClNO2. The van der Waals surface area contributed by atoms with E-state index in [4.69, 9.17) is 16.3 Å². The standard InChI is InChI=1S/C14H26ClNO2/c1-2-3-10-16(14(17)18-11-9-15)12-13-7-5-4-6-8-13/h13H,2-12H2,1H3. The summed E-state index contributed by atoms with van der Waals surface area (Å²) < 4.78 is 5.15. The lowest BCUT2D eigenvalue weighted by atomic mass is 9.89. The summed E-state index contributed by atoms with van der Waals surface area (Å²) in [7, 11) is 0. The van der Waals surface area contributed by atoms with Gasteiger partial charge < -0.3 is 9.64 Å². The van der Waals surface area contributed by atoms with Gasteiger partial charge in [0.2, 0.25) is 0 Å². The summed E-state index contributed by atoms with van der Waals surface area (Å²) in [6, 6.07) is 0. The van der Waals surface area contributed by atoms with Crippen molar-refractivity contribution in [2.75, 3.05) is 25.6 Å². The van der Waals surface area contributed by atoms with Crippen molar-refractivity contribution in [2.45, 2.75) is 51.9 Å². The van der Waals surface area contributed by atoms with Crippen LogP contribution in [0, 0.1) is 5.92 Å². The van der Waals surface area contributed by atoms with Gasteiger partial charge in [-0.2, -0.15) is 0 Å². The largest absolute Gasteiger partial charge is 0.448 e. The topological polar surface area (TPSA) is 29.5 Å². The molecule has 18 heavy (non-hydrogen) atoms. The number of nitrogens with zero attached hydrogens (tertiary/aromatic N) is 1. The fourth-order valence-electron chi connectivity index (χ4n) is 2.50. The van der Waals surface area contributed by atoms with Crippen molar-refractivity contribution >= 4 is 17.7 Å². The predicted octanol–water partition coefficient (Wildman–Crippen LogP) is 4.04. The average Bonchev–Trinajstić information content (AvgIpc) is 2.42. The van der Waals surface area contributed by atoms with Crippen LogP contribution in [0.5, 0.6) is 0 Å². The molecule has 0 saturated heterocycles. The Balaban J connectivity index is 2.39. The Morgan fingerprint density at radius 3 is 2.67 bits per heavy atom. The highest BCUT2D eigenvalue weighted by Gasteiger charge is 2.21. The molecule has 4 heteroatoms. The van der Waals surface area contributed by atoms with Gasteiger partial charge >= 0.3 is 6.09 Å². The number of ether oxygens (including phenoxy) is 1. The summed E-state index contributed by atoms with van der Waals surface area (Å²) in [5.74, 6) is 1.04. The minimum Gasteiger partial charge on any atom is -0.448 e. The van der Waals surface area contributed by atoms with Gasteiger partial charge in [-0.3, -0.25) is 0 Å².